The molecule has 1 saturated carbocycles. The van der Waals surface area contributed by atoms with Crippen LogP contribution < -0.4 is 5.32 Å². The lowest BCUT2D eigenvalue weighted by Crippen LogP contribution is -2.47. The van der Waals surface area contributed by atoms with Crippen molar-refractivity contribution in [3.8, 4) is 6.07 Å². The predicted molar refractivity (Wildman–Crippen MR) is 60.5 cm³/mol. The molecule has 1 N–H and O–H groups in total. The molecule has 0 amide bonds. The Morgan fingerprint density at radius 1 is 1.60 bits per heavy atom. The molecule has 0 heterocycles. The lowest BCUT2D eigenvalue weighted by atomic mass is 9.86. The number of methoxy groups -OCH3 is 1. The fourth-order valence-electron chi connectivity index (χ4n) is 2.50. The van der Waals surface area contributed by atoms with Crippen LogP contribution in [0, 0.1) is 17.2 Å². The molecule has 0 radical (unpaired) electrons. The molecule has 3 heteroatoms. The van der Waals surface area contributed by atoms with Crippen molar-refractivity contribution in [1.29, 1.82) is 5.26 Å². The van der Waals surface area contributed by atoms with E-state index in [-0.39, 0.29) is 5.54 Å². The third-order valence-electron chi connectivity index (χ3n) is 3.38. The summed E-state index contributed by atoms with van der Waals surface area (Å²) >= 11 is 0. The average Bonchev–Trinajstić information content (AvgIpc) is 2.67. The first-order valence-electron chi connectivity index (χ1n) is 5.94. The van der Waals surface area contributed by atoms with Gasteiger partial charge in [0.25, 0.3) is 0 Å². The molecule has 0 aliphatic heterocycles. The summed E-state index contributed by atoms with van der Waals surface area (Å²) in [6.45, 7) is 3.84. The van der Waals surface area contributed by atoms with Gasteiger partial charge in [0.05, 0.1) is 6.07 Å². The van der Waals surface area contributed by atoms with E-state index in [9.17, 15) is 5.26 Å². The molecule has 2 atom stereocenters. The van der Waals surface area contributed by atoms with Crippen LogP contribution >= 0.6 is 0 Å². The molecule has 1 fully saturated rings. The van der Waals surface area contributed by atoms with Crippen LogP contribution in [0.5, 0.6) is 0 Å². The first kappa shape index (κ1) is 12.5. The van der Waals surface area contributed by atoms with Crippen LogP contribution in [0.1, 0.15) is 39.0 Å². The van der Waals surface area contributed by atoms with E-state index in [4.69, 9.17) is 4.74 Å². The van der Waals surface area contributed by atoms with Crippen molar-refractivity contribution in [3.05, 3.63) is 0 Å². The van der Waals surface area contributed by atoms with Gasteiger partial charge in [0.1, 0.15) is 5.54 Å². The number of nitrogens with zero attached hydrogens (tertiary/aromatic N) is 1. The molecule has 15 heavy (non-hydrogen) atoms. The SMILES string of the molecule is CCCNC1(C#N)CCCC1CCOC. The molecule has 0 aromatic rings. The molecule has 0 aromatic heterocycles. The number of rotatable bonds is 6. The van der Waals surface area contributed by atoms with Gasteiger partial charge in [-0.25, -0.2) is 0 Å². The van der Waals surface area contributed by atoms with Crippen LogP contribution in [-0.2, 0) is 4.74 Å². The van der Waals surface area contributed by atoms with Gasteiger partial charge < -0.3 is 4.74 Å². The van der Waals surface area contributed by atoms with Crippen molar-refractivity contribution in [2.45, 2.75) is 44.6 Å². The van der Waals surface area contributed by atoms with Crippen molar-refractivity contribution in [3.63, 3.8) is 0 Å². The third-order valence-corrected chi connectivity index (χ3v) is 3.38. The van der Waals surface area contributed by atoms with E-state index in [0.29, 0.717) is 5.92 Å². The smallest absolute Gasteiger partial charge is 0.109 e. The van der Waals surface area contributed by atoms with Crippen molar-refractivity contribution >= 4 is 0 Å². The van der Waals surface area contributed by atoms with Gasteiger partial charge in [-0.1, -0.05) is 13.3 Å². The number of nitrogens with one attached hydrogen (secondary N) is 1. The van der Waals surface area contributed by atoms with Crippen molar-refractivity contribution in [2.75, 3.05) is 20.3 Å². The van der Waals surface area contributed by atoms with E-state index < -0.39 is 0 Å². The second kappa shape index (κ2) is 6.09. The first-order valence-corrected chi connectivity index (χ1v) is 5.94. The second-order valence-electron chi connectivity index (χ2n) is 4.38. The van der Waals surface area contributed by atoms with Gasteiger partial charge >= 0.3 is 0 Å². The Balaban J connectivity index is 2.56. The second-order valence-corrected chi connectivity index (χ2v) is 4.38. The van der Waals surface area contributed by atoms with Crippen LogP contribution in [0.3, 0.4) is 0 Å². The van der Waals surface area contributed by atoms with E-state index >= 15 is 0 Å². The van der Waals surface area contributed by atoms with E-state index in [1.54, 1.807) is 7.11 Å². The van der Waals surface area contributed by atoms with E-state index in [0.717, 1.165) is 38.8 Å². The Morgan fingerprint density at radius 2 is 2.40 bits per heavy atom. The first-order chi connectivity index (χ1) is 7.29. The van der Waals surface area contributed by atoms with E-state index in [1.165, 1.54) is 6.42 Å². The van der Waals surface area contributed by atoms with E-state index in [1.807, 2.05) is 0 Å². The zero-order valence-electron chi connectivity index (χ0n) is 9.88. The highest BCUT2D eigenvalue weighted by atomic mass is 16.5. The average molecular weight is 210 g/mol. The monoisotopic (exact) mass is 210 g/mol. The molecule has 0 bridgehead atoms. The summed E-state index contributed by atoms with van der Waals surface area (Å²) < 4.78 is 5.11. The Labute approximate surface area is 92.8 Å². The zero-order valence-corrected chi connectivity index (χ0v) is 9.88. The minimum Gasteiger partial charge on any atom is -0.385 e. The molecular formula is C12H22N2O. The molecule has 0 saturated heterocycles. The third kappa shape index (κ3) is 2.93. The van der Waals surface area contributed by atoms with Crippen molar-refractivity contribution in [2.24, 2.45) is 5.92 Å². The van der Waals surface area contributed by atoms with Crippen molar-refractivity contribution in [1.82, 2.24) is 5.32 Å². The lowest BCUT2D eigenvalue weighted by molar-refractivity contribution is 0.161. The Bertz CT molecular complexity index is 224. The molecule has 1 rings (SSSR count). The van der Waals surface area contributed by atoms with Gasteiger partial charge in [0, 0.05) is 13.7 Å². The largest absolute Gasteiger partial charge is 0.385 e. The van der Waals surface area contributed by atoms with Crippen LogP contribution in [0.25, 0.3) is 0 Å². The number of nitriles is 1. The normalized spacial score (nSPS) is 30.3. The lowest BCUT2D eigenvalue weighted by Gasteiger charge is -2.29. The van der Waals surface area contributed by atoms with Gasteiger partial charge in [-0.15, -0.1) is 0 Å². The Kier molecular flexibility index (Phi) is 5.07. The van der Waals surface area contributed by atoms with Gasteiger partial charge in [-0.05, 0) is 38.1 Å². The molecule has 1 aliphatic rings. The quantitative estimate of drug-likeness (QED) is 0.730. The summed E-state index contributed by atoms with van der Waals surface area (Å²) in [5, 5.41) is 12.8. The molecule has 2 unspecified atom stereocenters. The van der Waals surface area contributed by atoms with Crippen LogP contribution in [0.15, 0.2) is 0 Å². The number of hydrogen-bond donors (Lipinski definition) is 1. The number of ether oxygens (including phenoxy) is 1. The van der Waals surface area contributed by atoms with E-state index in [2.05, 4.69) is 18.3 Å². The van der Waals surface area contributed by atoms with Crippen LogP contribution in [-0.4, -0.2) is 25.8 Å². The van der Waals surface area contributed by atoms with Crippen LogP contribution in [0.2, 0.25) is 0 Å². The summed E-state index contributed by atoms with van der Waals surface area (Å²) in [4.78, 5) is 0. The minimum absolute atomic E-state index is 0.269. The Morgan fingerprint density at radius 3 is 3.00 bits per heavy atom. The maximum absolute atomic E-state index is 9.36. The van der Waals surface area contributed by atoms with Gasteiger partial charge in [0.2, 0.25) is 0 Å². The molecule has 3 nitrogen and oxygen atoms in total. The minimum atomic E-state index is -0.269. The molecular weight excluding hydrogens is 188 g/mol. The molecule has 86 valence electrons. The fraction of sp³-hybridized carbons (Fsp3) is 0.917. The summed E-state index contributed by atoms with van der Waals surface area (Å²) in [6, 6.07) is 2.50. The molecule has 0 spiro atoms. The highest BCUT2D eigenvalue weighted by Crippen LogP contribution is 2.37. The zero-order chi connectivity index (χ0) is 11.1. The van der Waals surface area contributed by atoms with Gasteiger partial charge in [-0.3, -0.25) is 5.32 Å². The van der Waals surface area contributed by atoms with Gasteiger partial charge in [0.15, 0.2) is 0 Å². The maximum Gasteiger partial charge on any atom is 0.109 e. The molecule has 0 aromatic carbocycles. The molecule has 1 aliphatic carbocycles. The van der Waals surface area contributed by atoms with Gasteiger partial charge in [-0.2, -0.15) is 5.26 Å². The standard InChI is InChI=1S/C12H22N2O/c1-3-8-14-12(10-13)7-4-5-11(12)6-9-15-2/h11,14H,3-9H2,1-2H3. The predicted octanol–water partition coefficient (Wildman–Crippen LogP) is 2.08. The summed E-state index contributed by atoms with van der Waals surface area (Å²) in [5.41, 5.74) is -0.269. The highest BCUT2D eigenvalue weighted by molar-refractivity contribution is 5.13. The summed E-state index contributed by atoms with van der Waals surface area (Å²) in [6.07, 6.45) is 5.41. The highest BCUT2D eigenvalue weighted by Gasteiger charge is 2.42. The summed E-state index contributed by atoms with van der Waals surface area (Å²) in [7, 11) is 1.72. The maximum atomic E-state index is 9.36. The topological polar surface area (TPSA) is 45.0 Å². The fourth-order valence-corrected chi connectivity index (χ4v) is 2.50. The Hall–Kier alpha value is -0.590. The number of hydrogen-bond acceptors (Lipinski definition) is 3. The van der Waals surface area contributed by atoms with Crippen molar-refractivity contribution < 1.29 is 4.74 Å². The van der Waals surface area contributed by atoms with Crippen LogP contribution in [0.4, 0.5) is 0 Å². The summed E-state index contributed by atoms with van der Waals surface area (Å²) in [5.74, 6) is 0.467.